The van der Waals surface area contributed by atoms with Crippen molar-refractivity contribution in [2.45, 2.75) is 18.9 Å². The van der Waals surface area contributed by atoms with Crippen LogP contribution in [0.2, 0.25) is 0 Å². The fraction of sp³-hybridized carbons (Fsp3) is 0.333. The van der Waals surface area contributed by atoms with Crippen molar-refractivity contribution in [1.82, 2.24) is 14.0 Å². The molecule has 0 radical (unpaired) electrons. The number of hydrogen-bond acceptors (Lipinski definition) is 5. The number of nitrogens with zero attached hydrogens (tertiary/aromatic N) is 3. The molecule has 0 bridgehead atoms. The fourth-order valence-electron chi connectivity index (χ4n) is 3.26. The van der Waals surface area contributed by atoms with E-state index >= 15 is 0 Å². The standard InChI is InChI=1S/C21H23N3O5/c1-22-14-16(19(26)23(2)21(22)28)10-11-17(25)29-18(15-8-4-3-5-9-15)20(27)24-12-6-7-13-24/h3-5,8-11,14,18H,6-7,12-13H2,1-2H3/b11-10+. The SMILES string of the molecule is Cn1cc(/C=C/C(=O)OC(C(=O)N2CCCC2)c2ccccc2)c(=O)n(C)c1=O. The first-order chi connectivity index (χ1) is 13.9. The minimum absolute atomic E-state index is 0.161. The number of amides is 1. The highest BCUT2D eigenvalue weighted by Gasteiger charge is 2.30. The van der Waals surface area contributed by atoms with E-state index in [1.807, 2.05) is 6.07 Å². The lowest BCUT2D eigenvalue weighted by molar-refractivity contribution is -0.156. The number of hydrogen-bond donors (Lipinski definition) is 0. The van der Waals surface area contributed by atoms with E-state index in [1.54, 1.807) is 29.2 Å². The Kier molecular flexibility index (Phi) is 6.11. The van der Waals surface area contributed by atoms with E-state index in [1.165, 1.54) is 30.9 Å². The predicted octanol–water partition coefficient (Wildman–Crippen LogP) is 1.00. The molecule has 152 valence electrons. The first-order valence-corrected chi connectivity index (χ1v) is 9.37. The monoisotopic (exact) mass is 397 g/mol. The lowest BCUT2D eigenvalue weighted by atomic mass is 10.1. The Morgan fingerprint density at radius 2 is 1.72 bits per heavy atom. The average Bonchev–Trinajstić information content (AvgIpc) is 3.27. The highest BCUT2D eigenvalue weighted by Crippen LogP contribution is 2.23. The quantitative estimate of drug-likeness (QED) is 0.555. The van der Waals surface area contributed by atoms with Crippen LogP contribution in [-0.4, -0.2) is 39.0 Å². The number of aromatic nitrogens is 2. The number of ether oxygens (including phenoxy) is 1. The van der Waals surface area contributed by atoms with Crippen molar-refractivity contribution < 1.29 is 14.3 Å². The molecule has 1 aromatic carbocycles. The maximum atomic E-state index is 12.9. The molecule has 8 nitrogen and oxygen atoms in total. The molecule has 1 fully saturated rings. The molecular weight excluding hydrogens is 374 g/mol. The summed E-state index contributed by atoms with van der Waals surface area (Å²) >= 11 is 0. The van der Waals surface area contributed by atoms with Gasteiger partial charge in [-0.3, -0.25) is 14.2 Å². The summed E-state index contributed by atoms with van der Waals surface area (Å²) in [5, 5.41) is 0. The third kappa shape index (κ3) is 4.53. The Balaban J connectivity index is 1.82. The van der Waals surface area contributed by atoms with Gasteiger partial charge in [-0.15, -0.1) is 0 Å². The van der Waals surface area contributed by atoms with Crippen molar-refractivity contribution in [3.05, 3.63) is 74.6 Å². The van der Waals surface area contributed by atoms with Crippen molar-refractivity contribution >= 4 is 18.0 Å². The first-order valence-electron chi connectivity index (χ1n) is 9.37. The van der Waals surface area contributed by atoms with E-state index in [0.717, 1.165) is 23.5 Å². The van der Waals surface area contributed by atoms with Gasteiger partial charge >= 0.3 is 11.7 Å². The van der Waals surface area contributed by atoms with Gasteiger partial charge in [0.25, 0.3) is 11.5 Å². The van der Waals surface area contributed by atoms with Gasteiger partial charge in [-0.25, -0.2) is 9.59 Å². The summed E-state index contributed by atoms with van der Waals surface area (Å²) in [5.41, 5.74) is -0.238. The van der Waals surface area contributed by atoms with Gasteiger partial charge in [0.15, 0.2) is 0 Å². The molecule has 1 unspecified atom stereocenters. The zero-order valence-electron chi connectivity index (χ0n) is 16.4. The van der Waals surface area contributed by atoms with Gasteiger partial charge in [0.2, 0.25) is 6.10 Å². The summed E-state index contributed by atoms with van der Waals surface area (Å²) in [6.07, 6.45) is 4.53. The Bertz CT molecular complexity index is 1050. The lowest BCUT2D eigenvalue weighted by Gasteiger charge is -2.23. The van der Waals surface area contributed by atoms with E-state index in [2.05, 4.69) is 0 Å². The third-order valence-corrected chi connectivity index (χ3v) is 4.85. The fourth-order valence-corrected chi connectivity index (χ4v) is 3.26. The van der Waals surface area contributed by atoms with Gasteiger partial charge in [-0.2, -0.15) is 0 Å². The van der Waals surface area contributed by atoms with Gasteiger partial charge < -0.3 is 14.2 Å². The van der Waals surface area contributed by atoms with E-state index in [4.69, 9.17) is 4.74 Å². The maximum absolute atomic E-state index is 12.9. The molecule has 1 saturated heterocycles. The zero-order valence-corrected chi connectivity index (χ0v) is 16.4. The average molecular weight is 397 g/mol. The summed E-state index contributed by atoms with van der Waals surface area (Å²) in [5.74, 6) is -1.00. The Morgan fingerprint density at radius 3 is 2.38 bits per heavy atom. The Hall–Kier alpha value is -3.42. The largest absolute Gasteiger partial charge is 0.444 e. The molecule has 0 spiro atoms. The minimum atomic E-state index is -1.05. The summed E-state index contributed by atoms with van der Waals surface area (Å²) < 4.78 is 7.66. The Labute approximate surface area is 167 Å². The summed E-state index contributed by atoms with van der Waals surface area (Å²) in [6.45, 7) is 1.29. The van der Waals surface area contributed by atoms with Crippen molar-refractivity contribution in [2.24, 2.45) is 14.1 Å². The molecule has 0 saturated carbocycles. The second-order valence-electron chi connectivity index (χ2n) is 6.94. The van der Waals surface area contributed by atoms with Crippen LogP contribution in [0, 0.1) is 0 Å². The molecule has 1 aromatic heterocycles. The van der Waals surface area contributed by atoms with E-state index in [0.29, 0.717) is 18.7 Å². The van der Waals surface area contributed by atoms with Crippen molar-refractivity contribution in [3.8, 4) is 0 Å². The van der Waals surface area contributed by atoms with Crippen LogP contribution in [0.4, 0.5) is 0 Å². The predicted molar refractivity (Wildman–Crippen MR) is 107 cm³/mol. The lowest BCUT2D eigenvalue weighted by Crippen LogP contribution is -2.37. The maximum Gasteiger partial charge on any atom is 0.331 e. The molecule has 1 aliphatic rings. The first kappa shape index (κ1) is 20.3. The molecule has 3 rings (SSSR count). The topological polar surface area (TPSA) is 90.6 Å². The smallest absolute Gasteiger partial charge is 0.331 e. The molecule has 0 N–H and O–H groups in total. The number of rotatable bonds is 5. The van der Waals surface area contributed by atoms with Crippen molar-refractivity contribution in [3.63, 3.8) is 0 Å². The second-order valence-corrected chi connectivity index (χ2v) is 6.94. The van der Waals surface area contributed by atoms with Crippen molar-refractivity contribution in [2.75, 3.05) is 13.1 Å². The molecule has 2 heterocycles. The van der Waals surface area contributed by atoms with Gasteiger partial charge in [0.05, 0.1) is 5.56 Å². The molecule has 1 aliphatic heterocycles. The number of carbonyl (C=O) groups is 2. The number of aryl methyl sites for hydroxylation is 1. The summed E-state index contributed by atoms with van der Waals surface area (Å²) in [7, 11) is 2.87. The van der Waals surface area contributed by atoms with E-state index in [-0.39, 0.29) is 11.5 Å². The molecule has 8 heteroatoms. The van der Waals surface area contributed by atoms with Gasteiger partial charge in [0, 0.05) is 45.0 Å². The van der Waals surface area contributed by atoms with Crippen LogP contribution >= 0.6 is 0 Å². The molecule has 29 heavy (non-hydrogen) atoms. The molecule has 1 amide bonds. The molecular formula is C21H23N3O5. The van der Waals surface area contributed by atoms with Crippen molar-refractivity contribution in [1.29, 1.82) is 0 Å². The normalized spacial score (nSPS) is 14.9. The Morgan fingerprint density at radius 1 is 1.07 bits per heavy atom. The van der Waals surface area contributed by atoms with Crippen LogP contribution in [0.5, 0.6) is 0 Å². The van der Waals surface area contributed by atoms with Gasteiger partial charge in [-0.1, -0.05) is 30.3 Å². The molecule has 2 aromatic rings. The summed E-state index contributed by atoms with van der Waals surface area (Å²) in [4.78, 5) is 50.9. The highest BCUT2D eigenvalue weighted by atomic mass is 16.5. The number of likely N-dealkylation sites (tertiary alicyclic amines) is 1. The van der Waals surface area contributed by atoms with Crippen LogP contribution < -0.4 is 11.2 Å². The van der Waals surface area contributed by atoms with Crippen LogP contribution in [0.15, 0.2) is 52.2 Å². The van der Waals surface area contributed by atoms with Crippen LogP contribution in [0.25, 0.3) is 6.08 Å². The van der Waals surface area contributed by atoms with E-state index in [9.17, 15) is 19.2 Å². The van der Waals surface area contributed by atoms with Gasteiger partial charge in [0.1, 0.15) is 0 Å². The molecule has 0 aliphatic carbocycles. The zero-order chi connectivity index (χ0) is 21.0. The van der Waals surface area contributed by atoms with E-state index < -0.39 is 23.3 Å². The van der Waals surface area contributed by atoms with Crippen LogP contribution in [0.1, 0.15) is 30.1 Å². The number of esters is 1. The number of benzene rings is 1. The van der Waals surface area contributed by atoms with Crippen LogP contribution in [0.3, 0.4) is 0 Å². The molecule has 1 atom stereocenters. The van der Waals surface area contributed by atoms with Crippen LogP contribution in [-0.2, 0) is 28.4 Å². The minimum Gasteiger partial charge on any atom is -0.444 e. The number of carbonyl (C=O) groups excluding carboxylic acids is 2. The third-order valence-electron chi connectivity index (χ3n) is 4.85. The highest BCUT2D eigenvalue weighted by molar-refractivity contribution is 5.91. The second kappa shape index (κ2) is 8.72. The van der Waals surface area contributed by atoms with Gasteiger partial charge in [-0.05, 0) is 18.9 Å². The summed E-state index contributed by atoms with van der Waals surface area (Å²) in [6, 6.07) is 8.84.